The van der Waals surface area contributed by atoms with Crippen LogP contribution >= 0.6 is 22.9 Å². The third kappa shape index (κ3) is 3.42. The number of hydrogen-bond donors (Lipinski definition) is 1. The number of nitrogens with zero attached hydrogens (tertiary/aromatic N) is 4. The first-order valence-corrected chi connectivity index (χ1v) is 7.20. The van der Waals surface area contributed by atoms with E-state index in [1.54, 1.807) is 36.4 Å². The fourth-order valence-corrected chi connectivity index (χ4v) is 2.38. The van der Waals surface area contributed by atoms with Gasteiger partial charge in [0.05, 0.1) is 5.69 Å². The number of phenols is 1. The molecule has 0 unspecified atom stereocenters. The molecule has 3 rings (SSSR count). The molecule has 1 N–H and O–H groups in total. The van der Waals surface area contributed by atoms with Gasteiger partial charge in [0.2, 0.25) is 0 Å². The zero-order chi connectivity index (χ0) is 14.7. The van der Waals surface area contributed by atoms with Crippen molar-refractivity contribution < 1.29 is 5.11 Å². The standard InChI is InChI=1S/C14H9ClN4OS/c15-10-3-1-9(2-4-10)13-17-19-14(21-13)18-16-11-5-7-12(20)8-6-11/h1-8,20H. The van der Waals surface area contributed by atoms with Crippen LogP contribution in [0.15, 0.2) is 58.8 Å². The van der Waals surface area contributed by atoms with E-state index < -0.39 is 0 Å². The molecular weight excluding hydrogens is 308 g/mol. The quantitative estimate of drug-likeness (QED) is 0.693. The summed E-state index contributed by atoms with van der Waals surface area (Å²) in [5, 5.41) is 27.2. The van der Waals surface area contributed by atoms with Gasteiger partial charge in [-0.2, -0.15) is 0 Å². The van der Waals surface area contributed by atoms with Crippen molar-refractivity contribution in [3.8, 4) is 16.3 Å². The SMILES string of the molecule is Oc1ccc(N=Nc2nnc(-c3ccc(Cl)cc3)s2)cc1. The first-order valence-electron chi connectivity index (χ1n) is 6.01. The van der Waals surface area contributed by atoms with Crippen molar-refractivity contribution in [1.29, 1.82) is 0 Å². The van der Waals surface area contributed by atoms with E-state index in [-0.39, 0.29) is 5.75 Å². The Morgan fingerprint density at radius 1 is 0.905 bits per heavy atom. The topological polar surface area (TPSA) is 70.7 Å². The van der Waals surface area contributed by atoms with Gasteiger partial charge in [0.1, 0.15) is 10.8 Å². The minimum Gasteiger partial charge on any atom is -0.508 e. The third-order valence-corrected chi connectivity index (χ3v) is 3.71. The van der Waals surface area contributed by atoms with Gasteiger partial charge in [0, 0.05) is 10.6 Å². The molecule has 0 fully saturated rings. The highest BCUT2D eigenvalue weighted by atomic mass is 35.5. The molecule has 2 aromatic carbocycles. The number of halogens is 1. The van der Waals surface area contributed by atoms with Crippen molar-refractivity contribution in [3.63, 3.8) is 0 Å². The van der Waals surface area contributed by atoms with Crippen LogP contribution in [-0.4, -0.2) is 15.3 Å². The number of hydrogen-bond acceptors (Lipinski definition) is 6. The lowest BCUT2D eigenvalue weighted by Crippen LogP contribution is -1.75. The first kappa shape index (κ1) is 13.7. The van der Waals surface area contributed by atoms with Crippen molar-refractivity contribution in [2.24, 2.45) is 10.2 Å². The van der Waals surface area contributed by atoms with Gasteiger partial charge in [-0.05, 0) is 36.4 Å². The third-order valence-electron chi connectivity index (χ3n) is 2.61. The van der Waals surface area contributed by atoms with E-state index in [0.29, 0.717) is 15.8 Å². The Morgan fingerprint density at radius 2 is 1.62 bits per heavy atom. The minimum atomic E-state index is 0.190. The Labute approximate surface area is 129 Å². The molecule has 1 aromatic heterocycles. The van der Waals surface area contributed by atoms with Gasteiger partial charge in [-0.15, -0.1) is 20.4 Å². The second-order valence-electron chi connectivity index (χ2n) is 4.11. The van der Waals surface area contributed by atoms with E-state index in [9.17, 15) is 5.11 Å². The first-order chi connectivity index (χ1) is 10.2. The van der Waals surface area contributed by atoms with Crippen LogP contribution in [0, 0.1) is 0 Å². The number of rotatable bonds is 3. The smallest absolute Gasteiger partial charge is 0.252 e. The predicted octanol–water partition coefficient (Wildman–Crippen LogP) is 4.98. The van der Waals surface area contributed by atoms with Gasteiger partial charge in [-0.3, -0.25) is 0 Å². The Morgan fingerprint density at radius 3 is 2.33 bits per heavy atom. The summed E-state index contributed by atoms with van der Waals surface area (Å²) in [4.78, 5) is 0. The molecule has 0 saturated heterocycles. The Bertz CT molecular complexity index is 768. The van der Waals surface area contributed by atoms with Crippen LogP contribution in [0.4, 0.5) is 10.8 Å². The van der Waals surface area contributed by atoms with Crippen molar-refractivity contribution in [2.45, 2.75) is 0 Å². The average molecular weight is 317 g/mol. The second-order valence-corrected chi connectivity index (χ2v) is 5.51. The number of aromatic nitrogens is 2. The Balaban J connectivity index is 1.78. The molecule has 0 radical (unpaired) electrons. The van der Waals surface area contributed by atoms with Crippen LogP contribution in [0.3, 0.4) is 0 Å². The van der Waals surface area contributed by atoms with E-state index >= 15 is 0 Å². The zero-order valence-electron chi connectivity index (χ0n) is 10.6. The molecule has 0 aliphatic carbocycles. The molecule has 0 bridgehead atoms. The molecule has 5 nitrogen and oxygen atoms in total. The number of phenolic OH excluding ortho intramolecular Hbond substituents is 1. The summed E-state index contributed by atoms with van der Waals surface area (Å²) in [5.41, 5.74) is 1.57. The van der Waals surface area contributed by atoms with Crippen molar-refractivity contribution in [2.75, 3.05) is 0 Å². The summed E-state index contributed by atoms with van der Waals surface area (Å²) in [6.45, 7) is 0. The zero-order valence-corrected chi connectivity index (χ0v) is 12.2. The number of benzene rings is 2. The molecule has 0 aliphatic rings. The van der Waals surface area contributed by atoms with E-state index in [1.807, 2.05) is 12.1 Å². The average Bonchev–Trinajstić information content (AvgIpc) is 2.96. The maximum Gasteiger partial charge on any atom is 0.252 e. The second kappa shape index (κ2) is 5.99. The fraction of sp³-hybridized carbons (Fsp3) is 0. The van der Waals surface area contributed by atoms with Crippen LogP contribution in [0.1, 0.15) is 0 Å². The van der Waals surface area contributed by atoms with E-state index in [0.717, 1.165) is 10.6 Å². The highest BCUT2D eigenvalue weighted by Gasteiger charge is 2.05. The molecule has 0 aliphatic heterocycles. The molecule has 21 heavy (non-hydrogen) atoms. The largest absolute Gasteiger partial charge is 0.508 e. The number of azo groups is 1. The van der Waals surface area contributed by atoms with Gasteiger partial charge in [-0.25, -0.2) is 0 Å². The van der Waals surface area contributed by atoms with Crippen LogP contribution < -0.4 is 0 Å². The lowest BCUT2D eigenvalue weighted by molar-refractivity contribution is 0.475. The van der Waals surface area contributed by atoms with Crippen LogP contribution in [-0.2, 0) is 0 Å². The molecule has 0 spiro atoms. The van der Waals surface area contributed by atoms with E-state index in [4.69, 9.17) is 11.6 Å². The summed E-state index contributed by atoms with van der Waals surface area (Å²) >= 11 is 7.19. The summed E-state index contributed by atoms with van der Waals surface area (Å²) < 4.78 is 0. The summed E-state index contributed by atoms with van der Waals surface area (Å²) in [6, 6.07) is 13.8. The van der Waals surface area contributed by atoms with Crippen LogP contribution in [0.2, 0.25) is 5.02 Å². The number of aromatic hydroxyl groups is 1. The highest BCUT2D eigenvalue weighted by molar-refractivity contribution is 7.18. The highest BCUT2D eigenvalue weighted by Crippen LogP contribution is 2.30. The van der Waals surface area contributed by atoms with Crippen molar-refractivity contribution in [1.82, 2.24) is 10.2 Å². The van der Waals surface area contributed by atoms with Gasteiger partial charge < -0.3 is 5.11 Å². The molecule has 7 heteroatoms. The summed E-state index contributed by atoms with van der Waals surface area (Å²) in [6.07, 6.45) is 0. The van der Waals surface area contributed by atoms with Crippen molar-refractivity contribution >= 4 is 33.8 Å². The molecule has 0 atom stereocenters. The molecule has 1 heterocycles. The van der Waals surface area contributed by atoms with Crippen molar-refractivity contribution in [3.05, 3.63) is 53.6 Å². The summed E-state index contributed by atoms with van der Waals surface area (Å²) in [5.74, 6) is 0.190. The summed E-state index contributed by atoms with van der Waals surface area (Å²) in [7, 11) is 0. The Hall–Kier alpha value is -2.31. The predicted molar refractivity (Wildman–Crippen MR) is 82.6 cm³/mol. The molecule has 104 valence electrons. The van der Waals surface area contributed by atoms with Gasteiger partial charge in [0.15, 0.2) is 0 Å². The van der Waals surface area contributed by atoms with Crippen LogP contribution in [0.25, 0.3) is 10.6 Å². The lowest BCUT2D eigenvalue weighted by atomic mass is 10.2. The minimum absolute atomic E-state index is 0.190. The van der Waals surface area contributed by atoms with Gasteiger partial charge in [-0.1, -0.05) is 35.1 Å². The monoisotopic (exact) mass is 316 g/mol. The molecule has 0 amide bonds. The van der Waals surface area contributed by atoms with Crippen LogP contribution in [0.5, 0.6) is 5.75 Å². The van der Waals surface area contributed by atoms with Gasteiger partial charge in [0.25, 0.3) is 5.13 Å². The van der Waals surface area contributed by atoms with E-state index in [1.165, 1.54) is 11.3 Å². The maximum atomic E-state index is 9.19. The maximum absolute atomic E-state index is 9.19. The van der Waals surface area contributed by atoms with E-state index in [2.05, 4.69) is 20.4 Å². The molecular formula is C14H9ClN4OS. The normalized spacial score (nSPS) is 11.1. The lowest BCUT2D eigenvalue weighted by Gasteiger charge is -1.93. The Kier molecular flexibility index (Phi) is 3.89. The molecule has 3 aromatic rings. The molecule has 0 saturated carbocycles. The fourth-order valence-electron chi connectivity index (χ4n) is 1.58. The van der Waals surface area contributed by atoms with Gasteiger partial charge >= 0.3 is 0 Å².